The number of nitrogens with zero attached hydrogens (tertiary/aromatic N) is 1. The molecule has 0 saturated heterocycles. The minimum Gasteiger partial charge on any atom is -0.461 e. The summed E-state index contributed by atoms with van der Waals surface area (Å²) in [5.41, 5.74) is 0.0234. The van der Waals surface area contributed by atoms with Gasteiger partial charge in [-0.3, -0.25) is 14.9 Å². The van der Waals surface area contributed by atoms with Gasteiger partial charge in [0.1, 0.15) is 10.6 Å². The van der Waals surface area contributed by atoms with Crippen molar-refractivity contribution in [3.05, 3.63) is 91.3 Å². The molecule has 0 aliphatic rings. The lowest BCUT2D eigenvalue weighted by Gasteiger charge is -2.10. The molecule has 4 rings (SSSR count). The first-order chi connectivity index (χ1) is 14.9. The van der Waals surface area contributed by atoms with Gasteiger partial charge in [-0.05, 0) is 48.4 Å². The Morgan fingerprint density at radius 1 is 1.19 bits per heavy atom. The first kappa shape index (κ1) is 20.4. The minimum atomic E-state index is -0.981. The summed E-state index contributed by atoms with van der Waals surface area (Å²) in [5.74, 6) is -1.24. The van der Waals surface area contributed by atoms with Gasteiger partial charge in [-0.25, -0.2) is 4.79 Å². The number of nitro groups is 1. The monoisotopic (exact) mass is 439 g/mol. The number of benzene rings is 2. The van der Waals surface area contributed by atoms with Crippen LogP contribution in [0.3, 0.4) is 0 Å². The minimum absolute atomic E-state index is 0.0661. The van der Waals surface area contributed by atoms with Crippen LogP contribution in [0.4, 0.5) is 5.69 Å². The Morgan fingerprint density at radius 2 is 2.00 bits per heavy atom. The predicted molar refractivity (Wildman–Crippen MR) is 113 cm³/mol. The lowest BCUT2D eigenvalue weighted by atomic mass is 10.1. The van der Waals surface area contributed by atoms with Gasteiger partial charge in [0, 0.05) is 6.07 Å². The number of aryl methyl sites for hydroxylation is 1. The Labute approximate surface area is 179 Å². The second-order valence-electron chi connectivity index (χ2n) is 6.56. The fraction of sp³-hybridized carbons (Fsp3) is 0.0909. The summed E-state index contributed by atoms with van der Waals surface area (Å²) in [6, 6.07) is 11.8. The molecule has 31 heavy (non-hydrogen) atoms. The van der Waals surface area contributed by atoms with Gasteiger partial charge in [0.15, 0.2) is 5.76 Å². The Balaban J connectivity index is 1.86. The molecule has 0 N–H and O–H groups in total. The number of hydrogen-bond acceptors (Lipinski definition) is 7. The summed E-state index contributed by atoms with van der Waals surface area (Å²) >= 11 is 5.80. The number of hydrogen-bond donors (Lipinski definition) is 0. The second kappa shape index (κ2) is 8.08. The highest BCUT2D eigenvalue weighted by atomic mass is 35.5. The third-order valence-electron chi connectivity index (χ3n) is 4.64. The van der Waals surface area contributed by atoms with Crippen LogP contribution in [0, 0.1) is 10.1 Å². The van der Waals surface area contributed by atoms with Crippen LogP contribution in [0.1, 0.15) is 22.8 Å². The molecule has 156 valence electrons. The number of carbonyl (C=O) groups excluding carboxylic acids is 1. The quantitative estimate of drug-likeness (QED) is 0.232. The molecule has 0 radical (unpaired) electrons. The predicted octanol–water partition coefficient (Wildman–Crippen LogP) is 5.40. The molecule has 2 aromatic heterocycles. The van der Waals surface area contributed by atoms with E-state index in [1.165, 1.54) is 18.4 Å². The molecule has 0 amide bonds. The van der Waals surface area contributed by atoms with Crippen LogP contribution in [0.25, 0.3) is 22.5 Å². The molecule has 2 heterocycles. The van der Waals surface area contributed by atoms with Gasteiger partial charge in [0.25, 0.3) is 5.69 Å². The van der Waals surface area contributed by atoms with E-state index < -0.39 is 22.0 Å². The van der Waals surface area contributed by atoms with Crippen molar-refractivity contribution in [1.82, 2.24) is 0 Å². The highest BCUT2D eigenvalue weighted by Crippen LogP contribution is 2.32. The third kappa shape index (κ3) is 3.80. The maximum atomic E-state index is 13.2. The Morgan fingerprint density at radius 3 is 2.68 bits per heavy atom. The molecule has 9 heteroatoms. The molecule has 4 aromatic rings. The molecule has 0 fully saturated rings. The summed E-state index contributed by atoms with van der Waals surface area (Å²) < 4.78 is 16.5. The first-order valence-electron chi connectivity index (χ1n) is 9.18. The van der Waals surface area contributed by atoms with E-state index in [-0.39, 0.29) is 33.2 Å². The smallest absolute Gasteiger partial charge is 0.344 e. The molecule has 2 aromatic carbocycles. The summed E-state index contributed by atoms with van der Waals surface area (Å²) in [7, 11) is 0. The van der Waals surface area contributed by atoms with Crippen molar-refractivity contribution < 1.29 is 23.3 Å². The van der Waals surface area contributed by atoms with Crippen molar-refractivity contribution in [1.29, 1.82) is 0 Å². The lowest BCUT2D eigenvalue weighted by Crippen LogP contribution is -2.16. The number of halogens is 1. The topological polar surface area (TPSA) is 113 Å². The number of carbonyl (C=O) groups is 1. The number of rotatable bonds is 5. The van der Waals surface area contributed by atoms with Crippen LogP contribution in [0.2, 0.25) is 5.02 Å². The first-order valence-corrected chi connectivity index (χ1v) is 9.56. The van der Waals surface area contributed by atoms with E-state index in [0.29, 0.717) is 12.0 Å². The molecule has 0 saturated carbocycles. The van der Waals surface area contributed by atoms with Crippen molar-refractivity contribution in [2.45, 2.75) is 13.3 Å². The summed E-state index contributed by atoms with van der Waals surface area (Å²) in [4.78, 5) is 36.3. The Hall–Kier alpha value is -3.91. The van der Waals surface area contributed by atoms with E-state index >= 15 is 0 Å². The average molecular weight is 440 g/mol. The second-order valence-corrected chi connectivity index (χ2v) is 6.97. The molecule has 0 aliphatic heterocycles. The van der Waals surface area contributed by atoms with Crippen LogP contribution < -0.4 is 10.2 Å². The number of esters is 1. The molecule has 0 atom stereocenters. The largest absolute Gasteiger partial charge is 0.461 e. The standard InChI is InChI=1S/C22H14ClNO7/c1-2-12-5-8-17-14(10-12)19(25)21(20(30-17)18-4-3-9-29-18)31-22(26)13-6-7-15(23)16(11-13)24(27)28/h3-11H,2H2,1H3. The molecular formula is C22H14ClNO7. The molecule has 0 bridgehead atoms. The Kier molecular flexibility index (Phi) is 5.31. The number of furan rings is 1. The Bertz CT molecular complexity index is 1370. The van der Waals surface area contributed by atoms with Gasteiger partial charge in [-0.1, -0.05) is 24.6 Å². The maximum absolute atomic E-state index is 13.2. The fourth-order valence-electron chi connectivity index (χ4n) is 3.04. The van der Waals surface area contributed by atoms with Gasteiger partial charge in [-0.15, -0.1) is 0 Å². The molecule has 8 nitrogen and oxygen atoms in total. The molecule has 0 spiro atoms. The summed E-state index contributed by atoms with van der Waals surface area (Å²) in [6.45, 7) is 1.94. The SMILES string of the molecule is CCc1ccc2oc(-c3ccco3)c(OC(=O)c3ccc(Cl)c([N+](=O)[O-])c3)c(=O)c2c1. The summed E-state index contributed by atoms with van der Waals surface area (Å²) in [6.07, 6.45) is 2.08. The van der Waals surface area contributed by atoms with E-state index in [9.17, 15) is 19.7 Å². The van der Waals surface area contributed by atoms with Crippen molar-refractivity contribution in [3.63, 3.8) is 0 Å². The van der Waals surface area contributed by atoms with Crippen molar-refractivity contribution in [2.75, 3.05) is 0 Å². The van der Waals surface area contributed by atoms with Gasteiger partial charge >= 0.3 is 5.97 Å². The normalized spacial score (nSPS) is 10.9. The van der Waals surface area contributed by atoms with E-state index in [1.54, 1.807) is 24.3 Å². The van der Waals surface area contributed by atoms with E-state index in [4.69, 9.17) is 25.2 Å². The highest BCUT2D eigenvalue weighted by Gasteiger charge is 2.24. The zero-order valence-electron chi connectivity index (χ0n) is 16.1. The van der Waals surface area contributed by atoms with Crippen molar-refractivity contribution in [2.24, 2.45) is 0 Å². The number of fused-ring (bicyclic) bond motifs is 1. The van der Waals surface area contributed by atoms with Crippen LogP contribution in [-0.2, 0) is 6.42 Å². The molecule has 0 unspecified atom stereocenters. The van der Waals surface area contributed by atoms with Gasteiger partial charge in [0.2, 0.25) is 16.9 Å². The number of ether oxygens (including phenoxy) is 1. The molecule has 0 aliphatic carbocycles. The summed E-state index contributed by atoms with van der Waals surface area (Å²) in [5, 5.41) is 11.2. The van der Waals surface area contributed by atoms with E-state index in [2.05, 4.69) is 0 Å². The van der Waals surface area contributed by atoms with Gasteiger partial charge in [0.05, 0.1) is 22.1 Å². The van der Waals surface area contributed by atoms with E-state index in [1.807, 2.05) is 13.0 Å². The zero-order chi connectivity index (χ0) is 22.1. The van der Waals surface area contributed by atoms with Crippen LogP contribution in [0.15, 0.2) is 68.4 Å². The molecular weight excluding hydrogens is 426 g/mol. The van der Waals surface area contributed by atoms with Crippen LogP contribution >= 0.6 is 11.6 Å². The highest BCUT2D eigenvalue weighted by molar-refractivity contribution is 6.32. The third-order valence-corrected chi connectivity index (χ3v) is 4.96. The average Bonchev–Trinajstić information content (AvgIpc) is 3.30. The van der Waals surface area contributed by atoms with Gasteiger partial charge in [-0.2, -0.15) is 0 Å². The lowest BCUT2D eigenvalue weighted by molar-refractivity contribution is -0.384. The van der Waals surface area contributed by atoms with E-state index in [0.717, 1.165) is 11.6 Å². The van der Waals surface area contributed by atoms with Crippen LogP contribution in [-0.4, -0.2) is 10.9 Å². The van der Waals surface area contributed by atoms with Crippen molar-refractivity contribution >= 4 is 34.2 Å². The maximum Gasteiger partial charge on any atom is 0.344 e. The number of nitro benzene ring substituents is 1. The van der Waals surface area contributed by atoms with Crippen molar-refractivity contribution in [3.8, 4) is 17.3 Å². The zero-order valence-corrected chi connectivity index (χ0v) is 16.8. The fourth-order valence-corrected chi connectivity index (χ4v) is 3.23. The van der Waals surface area contributed by atoms with Crippen LogP contribution in [0.5, 0.6) is 5.75 Å². The van der Waals surface area contributed by atoms with Gasteiger partial charge < -0.3 is 13.6 Å².